The molecule has 0 radical (unpaired) electrons. The maximum Gasteiger partial charge on any atom is 0.416 e. The molecule has 0 aromatic heterocycles. The van der Waals surface area contributed by atoms with E-state index in [1.165, 1.54) is 40.0 Å². The summed E-state index contributed by atoms with van der Waals surface area (Å²) in [6, 6.07) is 3.67. The van der Waals surface area contributed by atoms with Crippen LogP contribution in [0.2, 0.25) is 0 Å². The van der Waals surface area contributed by atoms with Crippen LogP contribution in [0.3, 0.4) is 0 Å². The van der Waals surface area contributed by atoms with E-state index in [1.807, 2.05) is 0 Å². The number of methoxy groups -OCH3 is 1. The quantitative estimate of drug-likeness (QED) is 0.869. The summed E-state index contributed by atoms with van der Waals surface area (Å²) in [5.41, 5.74) is -1.85. The first-order chi connectivity index (χ1) is 10.00. The lowest BCUT2D eigenvalue weighted by Gasteiger charge is -2.26. The molecule has 1 aromatic rings. The summed E-state index contributed by atoms with van der Waals surface area (Å²) in [7, 11) is 1.18. The predicted molar refractivity (Wildman–Crippen MR) is 74.1 cm³/mol. The fourth-order valence-corrected chi connectivity index (χ4v) is 1.83. The van der Waals surface area contributed by atoms with Crippen molar-refractivity contribution < 1.29 is 27.5 Å². The van der Waals surface area contributed by atoms with Crippen LogP contribution in [-0.4, -0.2) is 25.0 Å². The maximum absolute atomic E-state index is 12.8. The Morgan fingerprint density at radius 2 is 1.73 bits per heavy atom. The molecule has 0 aliphatic rings. The molecule has 1 N–H and O–H groups in total. The van der Waals surface area contributed by atoms with Crippen molar-refractivity contribution in [1.82, 2.24) is 5.32 Å². The van der Waals surface area contributed by atoms with E-state index in [1.54, 1.807) is 0 Å². The minimum atomic E-state index is -4.48. The highest BCUT2D eigenvalue weighted by atomic mass is 19.4. The monoisotopic (exact) mass is 317 g/mol. The highest BCUT2D eigenvalue weighted by Gasteiger charge is 2.35. The smallest absolute Gasteiger partial charge is 0.416 e. The predicted octanol–water partition coefficient (Wildman–Crippen LogP) is 2.66. The van der Waals surface area contributed by atoms with Crippen molar-refractivity contribution in [3.8, 4) is 0 Å². The van der Waals surface area contributed by atoms with Gasteiger partial charge in [0.2, 0.25) is 5.91 Å². The standard InChI is InChI=1S/C15H18F3NO3/c1-9(12(20)22-4)19-13(21)14(2,3)10-6-5-7-11(8-10)15(16,17)18/h5-9H,1-4H3,(H,19,21)/t9-/m0/s1. The van der Waals surface area contributed by atoms with Crippen LogP contribution in [-0.2, 0) is 25.9 Å². The number of halogens is 3. The van der Waals surface area contributed by atoms with Crippen molar-refractivity contribution in [2.24, 2.45) is 0 Å². The van der Waals surface area contributed by atoms with Gasteiger partial charge >= 0.3 is 12.1 Å². The summed E-state index contributed by atoms with van der Waals surface area (Å²) in [5, 5.41) is 2.43. The second-order valence-corrected chi connectivity index (χ2v) is 5.42. The average Bonchev–Trinajstić information content (AvgIpc) is 2.45. The largest absolute Gasteiger partial charge is 0.467 e. The Bertz CT molecular complexity index is 567. The van der Waals surface area contributed by atoms with Gasteiger partial charge in [0.05, 0.1) is 18.1 Å². The van der Waals surface area contributed by atoms with Crippen molar-refractivity contribution in [3.05, 3.63) is 35.4 Å². The normalized spacial score (nSPS) is 13.4. The van der Waals surface area contributed by atoms with Crippen LogP contribution in [0.15, 0.2) is 24.3 Å². The number of rotatable bonds is 4. The molecule has 0 fully saturated rings. The summed E-state index contributed by atoms with van der Waals surface area (Å²) in [4.78, 5) is 23.6. The molecule has 1 atom stereocenters. The van der Waals surface area contributed by atoms with Gasteiger partial charge in [-0.25, -0.2) is 4.79 Å². The third-order valence-electron chi connectivity index (χ3n) is 3.38. The highest BCUT2D eigenvalue weighted by Crippen LogP contribution is 2.32. The lowest BCUT2D eigenvalue weighted by atomic mass is 9.82. The number of carbonyl (C=O) groups excluding carboxylic acids is 2. The Kier molecular flexibility index (Phi) is 5.22. The van der Waals surface area contributed by atoms with Crippen molar-refractivity contribution in [3.63, 3.8) is 0 Å². The van der Waals surface area contributed by atoms with Crippen LogP contribution in [0.25, 0.3) is 0 Å². The van der Waals surface area contributed by atoms with Gasteiger partial charge in [-0.15, -0.1) is 0 Å². The number of carbonyl (C=O) groups is 2. The third kappa shape index (κ3) is 3.99. The molecule has 0 aliphatic heterocycles. The van der Waals surface area contributed by atoms with E-state index in [0.29, 0.717) is 0 Å². The number of benzene rings is 1. The van der Waals surface area contributed by atoms with Crippen LogP contribution in [0.4, 0.5) is 13.2 Å². The second kappa shape index (κ2) is 6.37. The summed E-state index contributed by atoms with van der Waals surface area (Å²) >= 11 is 0. The number of nitrogens with one attached hydrogen (secondary N) is 1. The Balaban J connectivity index is 3.03. The van der Waals surface area contributed by atoms with Crippen LogP contribution in [0.5, 0.6) is 0 Å². The van der Waals surface area contributed by atoms with Crippen LogP contribution < -0.4 is 5.32 Å². The molecule has 0 heterocycles. The Hall–Kier alpha value is -2.05. The summed E-state index contributed by atoms with van der Waals surface area (Å²) in [6.07, 6.45) is -4.48. The van der Waals surface area contributed by atoms with Gasteiger partial charge in [0.15, 0.2) is 0 Å². The summed E-state index contributed by atoms with van der Waals surface area (Å²) in [6.45, 7) is 4.41. The molecule has 1 aromatic carbocycles. The number of esters is 1. The molecular weight excluding hydrogens is 299 g/mol. The first kappa shape index (κ1) is 18.0. The first-order valence-corrected chi connectivity index (χ1v) is 6.56. The van der Waals surface area contributed by atoms with Crippen LogP contribution in [0, 0.1) is 0 Å². The van der Waals surface area contributed by atoms with Crippen LogP contribution >= 0.6 is 0 Å². The van der Waals surface area contributed by atoms with Gasteiger partial charge in [0.25, 0.3) is 0 Å². The van der Waals surface area contributed by atoms with E-state index < -0.39 is 35.1 Å². The highest BCUT2D eigenvalue weighted by molar-refractivity contribution is 5.91. The molecule has 7 heteroatoms. The molecule has 0 bridgehead atoms. The van der Waals surface area contributed by atoms with E-state index in [4.69, 9.17) is 0 Å². The Morgan fingerprint density at radius 3 is 2.23 bits per heavy atom. The van der Waals surface area contributed by atoms with Crippen LogP contribution in [0.1, 0.15) is 31.9 Å². The first-order valence-electron chi connectivity index (χ1n) is 6.56. The van der Waals surface area contributed by atoms with Gasteiger partial charge in [-0.2, -0.15) is 13.2 Å². The minimum absolute atomic E-state index is 0.205. The van der Waals surface area contributed by atoms with E-state index in [9.17, 15) is 22.8 Å². The molecule has 122 valence electrons. The van der Waals surface area contributed by atoms with Gasteiger partial charge < -0.3 is 10.1 Å². The topological polar surface area (TPSA) is 55.4 Å². The third-order valence-corrected chi connectivity index (χ3v) is 3.38. The Labute approximate surface area is 126 Å². The van der Waals surface area contributed by atoms with E-state index in [2.05, 4.69) is 10.1 Å². The fourth-order valence-electron chi connectivity index (χ4n) is 1.83. The van der Waals surface area contributed by atoms with Crippen molar-refractivity contribution in [2.75, 3.05) is 7.11 Å². The molecule has 0 saturated heterocycles. The molecular formula is C15H18F3NO3. The SMILES string of the molecule is COC(=O)[C@H](C)NC(=O)C(C)(C)c1cccc(C(F)(F)F)c1. The zero-order valence-electron chi connectivity index (χ0n) is 12.7. The second-order valence-electron chi connectivity index (χ2n) is 5.42. The molecule has 0 spiro atoms. The zero-order chi connectivity index (χ0) is 17.1. The number of hydrogen-bond donors (Lipinski definition) is 1. The van der Waals surface area contributed by atoms with E-state index in [-0.39, 0.29) is 5.56 Å². The molecule has 1 rings (SSSR count). The molecule has 22 heavy (non-hydrogen) atoms. The number of amides is 1. The summed E-state index contributed by atoms with van der Waals surface area (Å²) < 4.78 is 42.8. The Morgan fingerprint density at radius 1 is 1.18 bits per heavy atom. The lowest BCUT2D eigenvalue weighted by molar-refractivity contribution is -0.145. The van der Waals surface area contributed by atoms with Gasteiger partial charge in [-0.1, -0.05) is 18.2 Å². The summed E-state index contributed by atoms with van der Waals surface area (Å²) in [5.74, 6) is -1.20. The number of ether oxygens (including phenoxy) is 1. The number of hydrogen-bond acceptors (Lipinski definition) is 3. The van der Waals surface area contributed by atoms with Crippen molar-refractivity contribution in [2.45, 2.75) is 38.4 Å². The van der Waals surface area contributed by atoms with Crippen molar-refractivity contribution >= 4 is 11.9 Å². The number of alkyl halides is 3. The average molecular weight is 317 g/mol. The van der Waals surface area contributed by atoms with Gasteiger partial charge in [-0.3, -0.25) is 4.79 Å². The zero-order valence-corrected chi connectivity index (χ0v) is 12.7. The lowest BCUT2D eigenvalue weighted by Crippen LogP contribution is -2.47. The molecule has 1 amide bonds. The van der Waals surface area contributed by atoms with Gasteiger partial charge in [0, 0.05) is 0 Å². The van der Waals surface area contributed by atoms with Crippen molar-refractivity contribution in [1.29, 1.82) is 0 Å². The molecule has 4 nitrogen and oxygen atoms in total. The fraction of sp³-hybridized carbons (Fsp3) is 0.467. The maximum atomic E-state index is 12.8. The van der Waals surface area contributed by atoms with E-state index >= 15 is 0 Å². The molecule has 0 unspecified atom stereocenters. The van der Waals surface area contributed by atoms with Gasteiger partial charge in [0.1, 0.15) is 6.04 Å². The minimum Gasteiger partial charge on any atom is -0.467 e. The molecule has 0 aliphatic carbocycles. The van der Waals surface area contributed by atoms with E-state index in [0.717, 1.165) is 12.1 Å². The van der Waals surface area contributed by atoms with Gasteiger partial charge in [-0.05, 0) is 32.4 Å². The molecule has 0 saturated carbocycles.